The van der Waals surface area contributed by atoms with Crippen LogP contribution in [0.4, 0.5) is 0 Å². The van der Waals surface area contributed by atoms with Crippen LogP contribution in [0.25, 0.3) is 0 Å². The van der Waals surface area contributed by atoms with Crippen LogP contribution in [-0.2, 0) is 14.4 Å². The van der Waals surface area contributed by atoms with E-state index in [4.69, 9.17) is 5.11 Å². The average molecular weight is 322 g/mol. The molecule has 0 unspecified atom stereocenters. The van der Waals surface area contributed by atoms with Crippen molar-refractivity contribution in [3.05, 3.63) is 0 Å². The predicted octanol–water partition coefficient (Wildman–Crippen LogP) is -0.108. The Morgan fingerprint density at radius 3 is 2.48 bits per heavy atom. The summed E-state index contributed by atoms with van der Waals surface area (Å²) in [7, 11) is 0. The number of carboxylic acid groups (broad SMARTS) is 1. The van der Waals surface area contributed by atoms with Gasteiger partial charge in [0.25, 0.3) is 0 Å². The Morgan fingerprint density at radius 2 is 2.00 bits per heavy atom. The SMILES string of the molecule is CC(C)C[C@H](NC(=O)[C@@H]1CCCN1)C(=O)NCC(=O)O.Cl. The van der Waals surface area contributed by atoms with Crippen LogP contribution in [0.2, 0.25) is 0 Å². The summed E-state index contributed by atoms with van der Waals surface area (Å²) in [6, 6.07) is -0.943. The number of amides is 2. The monoisotopic (exact) mass is 321 g/mol. The molecule has 1 fully saturated rings. The molecular formula is C13H24ClN3O4. The van der Waals surface area contributed by atoms with E-state index >= 15 is 0 Å². The van der Waals surface area contributed by atoms with Crippen molar-refractivity contribution in [1.82, 2.24) is 16.0 Å². The molecule has 4 N–H and O–H groups in total. The molecule has 1 aliphatic heterocycles. The van der Waals surface area contributed by atoms with E-state index in [0.717, 1.165) is 19.4 Å². The number of halogens is 1. The molecule has 0 aliphatic carbocycles. The van der Waals surface area contributed by atoms with Gasteiger partial charge in [-0.2, -0.15) is 0 Å². The number of carboxylic acids is 1. The van der Waals surface area contributed by atoms with Gasteiger partial charge in [0.15, 0.2) is 0 Å². The second kappa shape index (κ2) is 9.57. The van der Waals surface area contributed by atoms with Gasteiger partial charge in [0.05, 0.1) is 6.04 Å². The van der Waals surface area contributed by atoms with Crippen LogP contribution in [0, 0.1) is 5.92 Å². The number of rotatable bonds is 7. The first-order chi connectivity index (χ1) is 9.40. The fourth-order valence-corrected chi connectivity index (χ4v) is 2.17. The maximum atomic E-state index is 12.0. The van der Waals surface area contributed by atoms with Gasteiger partial charge < -0.3 is 21.1 Å². The largest absolute Gasteiger partial charge is 0.480 e. The fraction of sp³-hybridized carbons (Fsp3) is 0.769. The summed E-state index contributed by atoms with van der Waals surface area (Å²) in [5.41, 5.74) is 0. The predicted molar refractivity (Wildman–Crippen MR) is 80.3 cm³/mol. The molecule has 0 spiro atoms. The summed E-state index contributed by atoms with van der Waals surface area (Å²) in [5.74, 6) is -1.54. The van der Waals surface area contributed by atoms with Crippen LogP contribution in [0.1, 0.15) is 33.1 Å². The fourth-order valence-electron chi connectivity index (χ4n) is 2.17. The number of hydrogen-bond acceptors (Lipinski definition) is 4. The third-order valence-electron chi connectivity index (χ3n) is 3.13. The molecule has 0 aromatic carbocycles. The van der Waals surface area contributed by atoms with Gasteiger partial charge >= 0.3 is 5.97 Å². The maximum Gasteiger partial charge on any atom is 0.322 e. The van der Waals surface area contributed by atoms with Crippen LogP contribution >= 0.6 is 12.4 Å². The van der Waals surface area contributed by atoms with Crippen molar-refractivity contribution in [2.24, 2.45) is 5.92 Å². The van der Waals surface area contributed by atoms with Gasteiger partial charge in [-0.1, -0.05) is 13.8 Å². The molecule has 0 saturated carbocycles. The Kier molecular flexibility index (Phi) is 8.96. The molecule has 1 heterocycles. The molecule has 0 radical (unpaired) electrons. The number of carbonyl (C=O) groups excluding carboxylic acids is 2. The van der Waals surface area contributed by atoms with E-state index in [9.17, 15) is 14.4 Å². The highest BCUT2D eigenvalue weighted by atomic mass is 35.5. The molecule has 2 amide bonds. The highest BCUT2D eigenvalue weighted by Gasteiger charge is 2.27. The molecule has 2 atom stereocenters. The zero-order valence-electron chi connectivity index (χ0n) is 12.3. The highest BCUT2D eigenvalue weighted by molar-refractivity contribution is 5.91. The molecule has 1 aliphatic rings. The van der Waals surface area contributed by atoms with Gasteiger partial charge in [-0.25, -0.2) is 0 Å². The molecule has 122 valence electrons. The maximum absolute atomic E-state index is 12.0. The Morgan fingerprint density at radius 1 is 1.33 bits per heavy atom. The van der Waals surface area contributed by atoms with Crippen molar-refractivity contribution in [2.45, 2.75) is 45.2 Å². The third-order valence-corrected chi connectivity index (χ3v) is 3.13. The molecule has 0 aromatic rings. The van der Waals surface area contributed by atoms with E-state index in [1.54, 1.807) is 0 Å². The number of carbonyl (C=O) groups is 3. The number of nitrogens with one attached hydrogen (secondary N) is 3. The lowest BCUT2D eigenvalue weighted by atomic mass is 10.0. The minimum absolute atomic E-state index is 0. The van der Waals surface area contributed by atoms with Gasteiger partial charge in [-0.05, 0) is 31.7 Å². The van der Waals surface area contributed by atoms with E-state index in [1.807, 2.05) is 13.8 Å². The first kappa shape index (κ1) is 19.7. The summed E-state index contributed by atoms with van der Waals surface area (Å²) < 4.78 is 0. The molecule has 7 nitrogen and oxygen atoms in total. The quantitative estimate of drug-likeness (QED) is 0.523. The smallest absolute Gasteiger partial charge is 0.322 e. The second-order valence-corrected chi connectivity index (χ2v) is 5.45. The Hall–Kier alpha value is -1.34. The Labute approximate surface area is 130 Å². The van der Waals surface area contributed by atoms with Crippen LogP contribution < -0.4 is 16.0 Å². The van der Waals surface area contributed by atoms with Gasteiger partial charge in [0, 0.05) is 0 Å². The Bertz CT molecular complexity index is 370. The third kappa shape index (κ3) is 7.29. The molecule has 1 saturated heterocycles. The average Bonchev–Trinajstić information content (AvgIpc) is 2.88. The molecular weight excluding hydrogens is 298 g/mol. The summed E-state index contributed by atoms with van der Waals surface area (Å²) >= 11 is 0. The lowest BCUT2D eigenvalue weighted by Crippen LogP contribution is -2.52. The van der Waals surface area contributed by atoms with Crippen molar-refractivity contribution in [1.29, 1.82) is 0 Å². The van der Waals surface area contributed by atoms with Crippen molar-refractivity contribution < 1.29 is 19.5 Å². The highest BCUT2D eigenvalue weighted by Crippen LogP contribution is 2.08. The summed E-state index contributed by atoms with van der Waals surface area (Å²) in [6.07, 6.45) is 2.18. The zero-order valence-corrected chi connectivity index (χ0v) is 13.2. The van der Waals surface area contributed by atoms with Crippen LogP contribution in [0.15, 0.2) is 0 Å². The van der Waals surface area contributed by atoms with E-state index < -0.39 is 24.5 Å². The first-order valence-corrected chi connectivity index (χ1v) is 6.93. The minimum atomic E-state index is -1.11. The lowest BCUT2D eigenvalue weighted by molar-refractivity contribution is -0.138. The van der Waals surface area contributed by atoms with Crippen molar-refractivity contribution in [2.75, 3.05) is 13.1 Å². The topological polar surface area (TPSA) is 108 Å². The van der Waals surface area contributed by atoms with E-state index in [-0.39, 0.29) is 30.3 Å². The minimum Gasteiger partial charge on any atom is -0.480 e. The summed E-state index contributed by atoms with van der Waals surface area (Å²) in [6.45, 7) is 4.25. The van der Waals surface area contributed by atoms with Gasteiger partial charge in [-0.15, -0.1) is 12.4 Å². The standard InChI is InChI=1S/C13H23N3O4.ClH/c1-8(2)6-10(12(19)15-7-11(17)18)16-13(20)9-4-3-5-14-9;/h8-10,14H,3-7H2,1-2H3,(H,15,19)(H,16,20)(H,17,18);1H/t9-,10-;/m0./s1. The Balaban J connectivity index is 0.00000400. The molecule has 0 bridgehead atoms. The zero-order chi connectivity index (χ0) is 15.1. The molecule has 8 heteroatoms. The van der Waals surface area contributed by atoms with Gasteiger partial charge in [0.1, 0.15) is 12.6 Å². The van der Waals surface area contributed by atoms with Crippen LogP contribution in [-0.4, -0.2) is 48.1 Å². The summed E-state index contributed by atoms with van der Waals surface area (Å²) in [4.78, 5) is 34.4. The lowest BCUT2D eigenvalue weighted by Gasteiger charge is -2.21. The number of aliphatic carboxylic acids is 1. The second-order valence-electron chi connectivity index (χ2n) is 5.45. The molecule has 1 rings (SSSR count). The summed E-state index contributed by atoms with van der Waals surface area (Å²) in [5, 5.41) is 16.7. The van der Waals surface area contributed by atoms with Crippen LogP contribution in [0.5, 0.6) is 0 Å². The van der Waals surface area contributed by atoms with E-state index in [2.05, 4.69) is 16.0 Å². The van der Waals surface area contributed by atoms with Crippen molar-refractivity contribution in [3.8, 4) is 0 Å². The van der Waals surface area contributed by atoms with E-state index in [0.29, 0.717) is 6.42 Å². The molecule has 0 aromatic heterocycles. The van der Waals surface area contributed by atoms with Gasteiger partial charge in [0.2, 0.25) is 11.8 Å². The molecule has 21 heavy (non-hydrogen) atoms. The first-order valence-electron chi connectivity index (χ1n) is 6.93. The van der Waals surface area contributed by atoms with E-state index in [1.165, 1.54) is 0 Å². The number of hydrogen-bond donors (Lipinski definition) is 4. The normalized spacial score (nSPS) is 18.7. The van der Waals surface area contributed by atoms with Gasteiger partial charge in [-0.3, -0.25) is 14.4 Å². The van der Waals surface area contributed by atoms with Crippen molar-refractivity contribution >= 4 is 30.2 Å². The van der Waals surface area contributed by atoms with Crippen LogP contribution in [0.3, 0.4) is 0 Å². The van der Waals surface area contributed by atoms with Crippen molar-refractivity contribution in [3.63, 3.8) is 0 Å².